The molecule has 10 aromatic rings. The van der Waals surface area contributed by atoms with Crippen molar-refractivity contribution in [2.24, 2.45) is 0 Å². The predicted octanol–water partition coefficient (Wildman–Crippen LogP) is 11.2. The number of aliphatic hydroxyl groups is 4. The maximum Gasteiger partial charge on any atom is 0.206 e. The first-order chi connectivity index (χ1) is 37.1. The van der Waals surface area contributed by atoms with Crippen LogP contribution in [0.2, 0.25) is 0 Å². The van der Waals surface area contributed by atoms with Gasteiger partial charge in [0.2, 0.25) is 12.8 Å². The van der Waals surface area contributed by atoms with E-state index in [0.29, 0.717) is 12.8 Å². The van der Waals surface area contributed by atoms with Crippen molar-refractivity contribution in [3.05, 3.63) is 358 Å². The van der Waals surface area contributed by atoms with Crippen LogP contribution in [-0.4, -0.2) is 47.3 Å². The molecule has 8 nitrogen and oxygen atoms in total. The number of rotatable bonds is 14. The van der Waals surface area contributed by atoms with E-state index in [2.05, 4.69) is 10.6 Å². The van der Waals surface area contributed by atoms with Crippen LogP contribution >= 0.6 is 0 Å². The Kier molecular flexibility index (Phi) is 18.9. The van der Waals surface area contributed by atoms with Crippen LogP contribution in [0.5, 0.6) is 0 Å². The van der Waals surface area contributed by atoms with Crippen molar-refractivity contribution in [3.8, 4) is 0 Å². The monoisotopic (exact) mass is 1000 g/mol. The van der Waals surface area contributed by atoms with E-state index in [1.165, 1.54) is 0 Å². The smallest absolute Gasteiger partial charge is 0.206 e. The summed E-state index contributed by atoms with van der Waals surface area (Å²) < 4.78 is 0. The topological polar surface area (TPSA) is 139 Å². The third-order valence-corrected chi connectivity index (χ3v) is 13.2. The van der Waals surface area contributed by atoms with Crippen molar-refractivity contribution < 1.29 is 30.0 Å². The van der Waals surface area contributed by atoms with Gasteiger partial charge in [-0.15, -0.1) is 0 Å². The number of amides is 2. The lowest BCUT2D eigenvalue weighted by Gasteiger charge is -2.33. The fourth-order valence-electron chi connectivity index (χ4n) is 9.34. The first kappa shape index (κ1) is 54.7. The van der Waals surface area contributed by atoms with Gasteiger partial charge in [-0.2, -0.15) is 0 Å². The highest BCUT2D eigenvalue weighted by atomic mass is 16.3. The van der Waals surface area contributed by atoms with Gasteiger partial charge in [0.15, 0.2) is 0 Å². The second-order valence-electron chi connectivity index (χ2n) is 17.7. The minimum atomic E-state index is -1.32. The van der Waals surface area contributed by atoms with Gasteiger partial charge in [0.1, 0.15) is 22.4 Å². The molecule has 0 saturated heterocycles. The summed E-state index contributed by atoms with van der Waals surface area (Å²) in [6.45, 7) is 0. The van der Waals surface area contributed by atoms with Crippen molar-refractivity contribution in [3.63, 3.8) is 0 Å². The van der Waals surface area contributed by atoms with Gasteiger partial charge >= 0.3 is 0 Å². The molecular formula is C68H62N2O6. The maximum absolute atomic E-state index is 12.1. The second kappa shape index (κ2) is 26.3. The second-order valence-corrected chi connectivity index (χ2v) is 17.7. The first-order valence-corrected chi connectivity index (χ1v) is 24.9. The summed E-state index contributed by atoms with van der Waals surface area (Å²) in [6, 6.07) is 92.7. The molecule has 8 heteroatoms. The molecule has 0 bridgehead atoms. The minimum Gasteiger partial charge on any atom is -0.376 e. The SMILES string of the molecule is CNC=O.CNC=O.OC(c1ccccc1)(c1ccccc1)c1ccc(C(O)(c2ccccc2)c2ccccc2)cc1.OC(c1ccccc1)(c1ccccc1)c1ccc(C(O)(c2ccccc2)c2ccccc2)cc1. The molecule has 0 unspecified atom stereocenters. The van der Waals surface area contributed by atoms with Gasteiger partial charge in [-0.1, -0.05) is 291 Å². The quantitative estimate of drug-likeness (QED) is 0.0474. The van der Waals surface area contributed by atoms with E-state index in [1.807, 2.05) is 291 Å². The Bertz CT molecular complexity index is 2660. The van der Waals surface area contributed by atoms with Crippen LogP contribution < -0.4 is 10.6 Å². The van der Waals surface area contributed by atoms with Crippen molar-refractivity contribution in [1.29, 1.82) is 0 Å². The molecule has 0 aromatic heterocycles. The van der Waals surface area contributed by atoms with Gasteiger partial charge in [0.05, 0.1) is 0 Å². The van der Waals surface area contributed by atoms with Crippen LogP contribution in [-0.2, 0) is 32.0 Å². The average molecular weight is 1000 g/mol. The van der Waals surface area contributed by atoms with Gasteiger partial charge in [-0.3, -0.25) is 9.59 Å². The molecule has 380 valence electrons. The van der Waals surface area contributed by atoms with Crippen molar-refractivity contribution in [2.45, 2.75) is 22.4 Å². The van der Waals surface area contributed by atoms with Crippen LogP contribution in [0.4, 0.5) is 0 Å². The molecule has 0 aliphatic heterocycles. The lowest BCUT2D eigenvalue weighted by atomic mass is 9.77. The average Bonchev–Trinajstić information content (AvgIpc) is 3.54. The highest BCUT2D eigenvalue weighted by Crippen LogP contribution is 2.42. The van der Waals surface area contributed by atoms with Crippen LogP contribution in [0.1, 0.15) is 66.8 Å². The largest absolute Gasteiger partial charge is 0.376 e. The van der Waals surface area contributed by atoms with E-state index in [0.717, 1.165) is 66.8 Å². The molecule has 10 rings (SSSR count). The highest BCUT2D eigenvalue weighted by molar-refractivity contribution is 5.54. The summed E-state index contributed by atoms with van der Waals surface area (Å²) in [4.78, 5) is 18.1. The number of hydrogen-bond donors (Lipinski definition) is 6. The third-order valence-electron chi connectivity index (χ3n) is 13.2. The number of benzene rings is 10. The van der Waals surface area contributed by atoms with E-state index in [1.54, 1.807) is 14.1 Å². The van der Waals surface area contributed by atoms with E-state index in [4.69, 9.17) is 9.59 Å². The van der Waals surface area contributed by atoms with E-state index in [-0.39, 0.29) is 0 Å². The predicted molar refractivity (Wildman–Crippen MR) is 303 cm³/mol. The highest BCUT2D eigenvalue weighted by Gasteiger charge is 2.39. The molecule has 6 N–H and O–H groups in total. The normalized spacial score (nSPS) is 11.1. The fraction of sp³-hybridized carbons (Fsp3) is 0.0882. The number of nitrogens with one attached hydrogen (secondary N) is 2. The molecule has 0 spiro atoms. The molecular weight excluding hydrogens is 941 g/mol. The van der Waals surface area contributed by atoms with Gasteiger partial charge in [0, 0.05) is 14.1 Å². The maximum atomic E-state index is 12.1. The molecule has 0 atom stereocenters. The Morgan fingerprint density at radius 1 is 0.224 bits per heavy atom. The van der Waals surface area contributed by atoms with Crippen molar-refractivity contribution in [1.82, 2.24) is 10.6 Å². The summed E-state index contributed by atoms with van der Waals surface area (Å²) in [7, 11) is 3.12. The Morgan fingerprint density at radius 2 is 0.316 bits per heavy atom. The van der Waals surface area contributed by atoms with Gasteiger partial charge in [0.25, 0.3) is 0 Å². The summed E-state index contributed by atoms with van der Waals surface area (Å²) in [5.74, 6) is 0. The summed E-state index contributed by atoms with van der Waals surface area (Å²) in [5.41, 5.74) is 3.95. The number of carbonyl (C=O) groups excluding carboxylic acids is 2. The van der Waals surface area contributed by atoms with Crippen LogP contribution in [0.25, 0.3) is 0 Å². The number of hydrogen-bond acceptors (Lipinski definition) is 6. The Balaban J connectivity index is 0.000000194. The van der Waals surface area contributed by atoms with E-state index in [9.17, 15) is 20.4 Å². The molecule has 0 saturated carbocycles. The first-order valence-electron chi connectivity index (χ1n) is 24.9. The van der Waals surface area contributed by atoms with Crippen LogP contribution in [0, 0.1) is 0 Å². The fourth-order valence-corrected chi connectivity index (χ4v) is 9.34. The lowest BCUT2D eigenvalue weighted by molar-refractivity contribution is -0.109. The summed E-state index contributed by atoms with van der Waals surface area (Å²) >= 11 is 0. The van der Waals surface area contributed by atoms with Gasteiger partial charge < -0.3 is 31.1 Å². The van der Waals surface area contributed by atoms with E-state index >= 15 is 0 Å². The molecule has 76 heavy (non-hydrogen) atoms. The molecule has 0 heterocycles. The summed E-state index contributed by atoms with van der Waals surface area (Å²) in [6.07, 6.45) is 1.25. The lowest BCUT2D eigenvalue weighted by Crippen LogP contribution is -2.31. The van der Waals surface area contributed by atoms with Crippen molar-refractivity contribution in [2.75, 3.05) is 14.1 Å². The molecule has 0 fully saturated rings. The van der Waals surface area contributed by atoms with Gasteiger partial charge in [-0.25, -0.2) is 0 Å². The molecule has 0 aliphatic carbocycles. The van der Waals surface area contributed by atoms with Crippen LogP contribution in [0.3, 0.4) is 0 Å². The Hall–Kier alpha value is -9.02. The zero-order chi connectivity index (χ0) is 53.7. The summed E-state index contributed by atoms with van der Waals surface area (Å²) in [5, 5.41) is 52.9. The zero-order valence-corrected chi connectivity index (χ0v) is 42.5. The molecule has 2 amide bonds. The van der Waals surface area contributed by atoms with E-state index < -0.39 is 22.4 Å². The van der Waals surface area contributed by atoms with Crippen molar-refractivity contribution >= 4 is 12.8 Å². The van der Waals surface area contributed by atoms with Gasteiger partial charge in [-0.05, 0) is 66.8 Å². The Labute approximate surface area is 445 Å². The molecule has 0 radical (unpaired) electrons. The standard InChI is InChI=1S/2C32H26O2.2C2H5NO/c2*33-31(25-13-5-1-6-14-25,26-15-7-2-8-16-26)29-21-23-30(24-22-29)32(34,27-17-9-3-10-18-27)28-19-11-4-12-20-28;2*1-3-2-4/h2*1-24,33-34H;2*2H,1H3,(H,3,4). The van der Waals surface area contributed by atoms with Crippen LogP contribution in [0.15, 0.2) is 291 Å². The Morgan fingerprint density at radius 3 is 0.408 bits per heavy atom. The molecule has 10 aromatic carbocycles. The number of carbonyl (C=O) groups is 2. The third kappa shape index (κ3) is 12.0. The minimum absolute atomic E-state index is 0.625. The molecule has 0 aliphatic rings. The zero-order valence-electron chi connectivity index (χ0n) is 42.5.